The van der Waals surface area contributed by atoms with E-state index < -0.39 is 0 Å². The molecule has 0 spiro atoms. The van der Waals surface area contributed by atoms with Crippen LogP contribution in [0.4, 0.5) is 0 Å². The zero-order chi connectivity index (χ0) is 11.3. The van der Waals surface area contributed by atoms with Gasteiger partial charge in [0.25, 0.3) is 0 Å². The first-order valence-corrected chi connectivity index (χ1v) is 5.73. The summed E-state index contributed by atoms with van der Waals surface area (Å²) in [6.45, 7) is 5.53. The number of carbonyl (C=O) groups is 1. The summed E-state index contributed by atoms with van der Waals surface area (Å²) < 4.78 is 5.42. The molecule has 15 heavy (non-hydrogen) atoms. The normalized spacial score (nSPS) is 27.7. The molecule has 0 saturated carbocycles. The van der Waals surface area contributed by atoms with Crippen molar-refractivity contribution in [3.05, 3.63) is 0 Å². The molecule has 1 amide bonds. The summed E-state index contributed by atoms with van der Waals surface area (Å²) in [5.41, 5.74) is 5.58. The second-order valence-electron chi connectivity index (χ2n) is 4.44. The van der Waals surface area contributed by atoms with Crippen molar-refractivity contribution in [3.8, 4) is 0 Å². The molecule has 4 heteroatoms. The van der Waals surface area contributed by atoms with Crippen LogP contribution in [0.25, 0.3) is 0 Å². The topological polar surface area (TPSA) is 64.4 Å². The molecular formula is C11H22N2O2. The molecule has 3 atom stereocenters. The molecule has 1 fully saturated rings. The Labute approximate surface area is 91.5 Å². The molecule has 1 aliphatic heterocycles. The summed E-state index contributed by atoms with van der Waals surface area (Å²) in [5.74, 6) is 0.579. The van der Waals surface area contributed by atoms with Crippen LogP contribution in [0.1, 0.15) is 33.1 Å². The molecule has 0 aromatic rings. The fourth-order valence-electron chi connectivity index (χ4n) is 1.74. The third kappa shape index (κ3) is 4.62. The maximum absolute atomic E-state index is 11.4. The van der Waals surface area contributed by atoms with Gasteiger partial charge in [0.15, 0.2) is 0 Å². The minimum atomic E-state index is 0.101. The van der Waals surface area contributed by atoms with E-state index in [1.54, 1.807) is 0 Å². The lowest BCUT2D eigenvalue weighted by Crippen LogP contribution is -2.32. The number of nitrogens with one attached hydrogen (secondary N) is 1. The molecule has 3 N–H and O–H groups in total. The van der Waals surface area contributed by atoms with Crippen LogP contribution in [-0.4, -0.2) is 31.2 Å². The molecule has 1 aliphatic rings. The van der Waals surface area contributed by atoms with Crippen molar-refractivity contribution < 1.29 is 9.53 Å². The number of hydrogen-bond donors (Lipinski definition) is 2. The summed E-state index contributed by atoms with van der Waals surface area (Å²) in [6.07, 6.45) is 2.61. The van der Waals surface area contributed by atoms with Gasteiger partial charge in [-0.05, 0) is 26.7 Å². The number of ether oxygens (including phenoxy) is 1. The van der Waals surface area contributed by atoms with Crippen LogP contribution in [0.2, 0.25) is 0 Å². The maximum Gasteiger partial charge on any atom is 0.220 e. The van der Waals surface area contributed by atoms with Crippen LogP contribution in [0.5, 0.6) is 0 Å². The van der Waals surface area contributed by atoms with Crippen LogP contribution >= 0.6 is 0 Å². The first kappa shape index (κ1) is 12.5. The Hall–Kier alpha value is -0.610. The van der Waals surface area contributed by atoms with Crippen molar-refractivity contribution in [3.63, 3.8) is 0 Å². The Morgan fingerprint density at radius 3 is 2.93 bits per heavy atom. The highest BCUT2D eigenvalue weighted by Gasteiger charge is 2.24. The van der Waals surface area contributed by atoms with Crippen LogP contribution in [0.3, 0.4) is 0 Å². The van der Waals surface area contributed by atoms with Crippen LogP contribution in [0.15, 0.2) is 0 Å². The molecule has 0 bridgehead atoms. The van der Waals surface area contributed by atoms with E-state index in [2.05, 4.69) is 12.2 Å². The van der Waals surface area contributed by atoms with Crippen molar-refractivity contribution in [1.82, 2.24) is 5.32 Å². The minimum Gasteiger partial charge on any atom is -0.378 e. The number of hydrogen-bond acceptors (Lipinski definition) is 3. The zero-order valence-electron chi connectivity index (χ0n) is 9.66. The summed E-state index contributed by atoms with van der Waals surface area (Å²) in [4.78, 5) is 11.4. The minimum absolute atomic E-state index is 0.101. The van der Waals surface area contributed by atoms with Gasteiger partial charge in [0.2, 0.25) is 5.91 Å². The van der Waals surface area contributed by atoms with Crippen molar-refractivity contribution in [2.45, 2.75) is 45.3 Å². The molecule has 0 radical (unpaired) electrons. The highest BCUT2D eigenvalue weighted by Crippen LogP contribution is 2.19. The van der Waals surface area contributed by atoms with Gasteiger partial charge in [-0.1, -0.05) is 0 Å². The van der Waals surface area contributed by atoms with E-state index in [1.165, 1.54) is 0 Å². The van der Waals surface area contributed by atoms with E-state index >= 15 is 0 Å². The number of nitrogens with two attached hydrogens (primary N) is 1. The van der Waals surface area contributed by atoms with Crippen molar-refractivity contribution in [1.29, 1.82) is 0 Å². The predicted molar refractivity (Wildman–Crippen MR) is 59.4 cm³/mol. The zero-order valence-corrected chi connectivity index (χ0v) is 9.66. The summed E-state index contributed by atoms with van der Waals surface area (Å²) in [7, 11) is 0. The Balaban J connectivity index is 2.11. The van der Waals surface area contributed by atoms with Gasteiger partial charge in [-0.3, -0.25) is 4.79 Å². The van der Waals surface area contributed by atoms with E-state index in [4.69, 9.17) is 10.5 Å². The first-order chi connectivity index (χ1) is 7.09. The van der Waals surface area contributed by atoms with Gasteiger partial charge in [-0.25, -0.2) is 0 Å². The van der Waals surface area contributed by atoms with Crippen LogP contribution in [-0.2, 0) is 9.53 Å². The average molecular weight is 214 g/mol. The van der Waals surface area contributed by atoms with Gasteiger partial charge < -0.3 is 15.8 Å². The van der Waals surface area contributed by atoms with Crippen LogP contribution in [0, 0.1) is 5.92 Å². The smallest absolute Gasteiger partial charge is 0.220 e. The van der Waals surface area contributed by atoms with Gasteiger partial charge in [0.05, 0.1) is 6.10 Å². The summed E-state index contributed by atoms with van der Waals surface area (Å²) >= 11 is 0. The molecule has 3 unspecified atom stereocenters. The monoisotopic (exact) mass is 214 g/mol. The maximum atomic E-state index is 11.4. The molecule has 1 heterocycles. The number of rotatable bonds is 5. The first-order valence-electron chi connectivity index (χ1n) is 5.73. The second-order valence-corrected chi connectivity index (χ2v) is 4.44. The largest absolute Gasteiger partial charge is 0.378 e. The molecule has 4 nitrogen and oxygen atoms in total. The molecule has 1 rings (SSSR count). The van der Waals surface area contributed by atoms with E-state index in [1.807, 2.05) is 6.92 Å². The third-order valence-corrected chi connectivity index (χ3v) is 2.92. The van der Waals surface area contributed by atoms with E-state index in [0.29, 0.717) is 12.3 Å². The highest BCUT2D eigenvalue weighted by atomic mass is 16.5. The quantitative estimate of drug-likeness (QED) is 0.706. The molecule has 0 aromatic carbocycles. The Kier molecular flexibility index (Phi) is 5.05. The van der Waals surface area contributed by atoms with E-state index in [0.717, 1.165) is 26.0 Å². The third-order valence-electron chi connectivity index (χ3n) is 2.92. The van der Waals surface area contributed by atoms with Crippen molar-refractivity contribution in [2.75, 3.05) is 13.2 Å². The Morgan fingerprint density at radius 1 is 1.67 bits per heavy atom. The molecule has 88 valence electrons. The predicted octanol–water partition coefficient (Wildman–Crippen LogP) is 0.655. The SMILES string of the molecule is CC(N)CCC(=O)NCC1CCOC1C. The molecule has 0 aliphatic carbocycles. The lowest BCUT2D eigenvalue weighted by Gasteiger charge is -2.14. The van der Waals surface area contributed by atoms with Gasteiger partial charge in [-0.2, -0.15) is 0 Å². The fourth-order valence-corrected chi connectivity index (χ4v) is 1.74. The number of amides is 1. The van der Waals surface area contributed by atoms with Gasteiger partial charge in [0, 0.05) is 31.5 Å². The standard InChI is InChI=1S/C11H22N2O2/c1-8(12)3-4-11(14)13-7-10-5-6-15-9(10)2/h8-10H,3-7,12H2,1-2H3,(H,13,14). The lowest BCUT2D eigenvalue weighted by molar-refractivity contribution is -0.121. The van der Waals surface area contributed by atoms with Crippen molar-refractivity contribution >= 4 is 5.91 Å². The van der Waals surface area contributed by atoms with Gasteiger partial charge in [-0.15, -0.1) is 0 Å². The van der Waals surface area contributed by atoms with Crippen molar-refractivity contribution in [2.24, 2.45) is 11.7 Å². The number of carbonyl (C=O) groups excluding carboxylic acids is 1. The fraction of sp³-hybridized carbons (Fsp3) is 0.909. The van der Waals surface area contributed by atoms with Gasteiger partial charge in [0.1, 0.15) is 0 Å². The molecule has 0 aromatic heterocycles. The summed E-state index contributed by atoms with van der Waals surface area (Å²) in [5, 5.41) is 2.94. The van der Waals surface area contributed by atoms with E-state index in [-0.39, 0.29) is 18.1 Å². The molecular weight excluding hydrogens is 192 g/mol. The molecule has 1 saturated heterocycles. The second kappa shape index (κ2) is 6.08. The summed E-state index contributed by atoms with van der Waals surface area (Å²) in [6, 6.07) is 0.101. The van der Waals surface area contributed by atoms with E-state index in [9.17, 15) is 4.79 Å². The Bertz CT molecular complexity index is 207. The Morgan fingerprint density at radius 2 is 2.40 bits per heavy atom. The average Bonchev–Trinajstić information content (AvgIpc) is 2.58. The highest BCUT2D eigenvalue weighted by molar-refractivity contribution is 5.75. The lowest BCUT2D eigenvalue weighted by atomic mass is 10.0. The van der Waals surface area contributed by atoms with Crippen LogP contribution < -0.4 is 11.1 Å². The van der Waals surface area contributed by atoms with Gasteiger partial charge >= 0.3 is 0 Å².